The summed E-state index contributed by atoms with van der Waals surface area (Å²) in [6.45, 7) is 0.443. The van der Waals surface area contributed by atoms with Crippen LogP contribution in [0, 0.1) is 10.1 Å². The van der Waals surface area contributed by atoms with E-state index in [9.17, 15) is 10.1 Å². The fourth-order valence-electron chi connectivity index (χ4n) is 1.05. The molecule has 0 bridgehead atoms. The van der Waals surface area contributed by atoms with Crippen LogP contribution >= 0.6 is 22.9 Å². The lowest BCUT2D eigenvalue weighted by atomic mass is 10.5. The molecule has 2 rings (SSSR count). The first kappa shape index (κ1) is 10.1. The second-order valence-corrected chi connectivity index (χ2v) is 4.41. The Hall–Kier alpha value is -1.47. The summed E-state index contributed by atoms with van der Waals surface area (Å²) in [4.78, 5) is 14.6. The number of nitrogens with zero attached hydrogens (tertiary/aromatic N) is 4. The highest BCUT2D eigenvalue weighted by atomic mass is 35.5. The number of hydrogen-bond donors (Lipinski definition) is 0. The van der Waals surface area contributed by atoms with E-state index in [1.54, 1.807) is 12.4 Å². The van der Waals surface area contributed by atoms with Gasteiger partial charge in [0.25, 0.3) is 0 Å². The average Bonchev–Trinajstić information content (AvgIpc) is 2.76. The standard InChI is InChI=1S/C7H5ClN4O2S/c8-7-9-3-5(15-7)4-11-2-1-6(10-11)12(13)14/h1-3H,4H2. The molecule has 8 heteroatoms. The summed E-state index contributed by atoms with van der Waals surface area (Å²) in [5.74, 6) is -0.161. The minimum Gasteiger partial charge on any atom is -0.358 e. The lowest BCUT2D eigenvalue weighted by molar-refractivity contribution is -0.389. The van der Waals surface area contributed by atoms with Crippen LogP contribution in [0.15, 0.2) is 18.5 Å². The number of halogens is 1. The van der Waals surface area contributed by atoms with E-state index >= 15 is 0 Å². The van der Waals surface area contributed by atoms with E-state index < -0.39 is 4.92 Å². The molecule has 0 saturated heterocycles. The van der Waals surface area contributed by atoms with Crippen molar-refractivity contribution in [1.82, 2.24) is 14.8 Å². The molecule has 0 atom stereocenters. The van der Waals surface area contributed by atoms with Crippen LogP contribution in [0.5, 0.6) is 0 Å². The predicted octanol–water partition coefficient (Wildman–Crippen LogP) is 1.95. The monoisotopic (exact) mass is 244 g/mol. The SMILES string of the molecule is O=[N+]([O-])c1ccn(Cc2cnc(Cl)s2)n1. The minimum absolute atomic E-state index is 0.161. The Morgan fingerprint density at radius 1 is 1.67 bits per heavy atom. The normalized spacial score (nSPS) is 10.5. The molecule has 0 amide bonds. The van der Waals surface area contributed by atoms with Gasteiger partial charge >= 0.3 is 5.82 Å². The van der Waals surface area contributed by atoms with Gasteiger partial charge in [0.05, 0.1) is 23.9 Å². The van der Waals surface area contributed by atoms with E-state index in [1.807, 2.05) is 0 Å². The number of nitro groups is 1. The molecule has 0 fully saturated rings. The molecule has 2 heterocycles. The molecule has 0 N–H and O–H groups in total. The fourth-order valence-corrected chi connectivity index (χ4v) is 2.02. The van der Waals surface area contributed by atoms with Gasteiger partial charge in [-0.2, -0.15) is 4.68 Å². The van der Waals surface area contributed by atoms with Crippen molar-refractivity contribution in [3.63, 3.8) is 0 Å². The molecule has 0 aromatic carbocycles. The van der Waals surface area contributed by atoms with Crippen LogP contribution < -0.4 is 0 Å². The summed E-state index contributed by atoms with van der Waals surface area (Å²) >= 11 is 6.98. The zero-order valence-corrected chi connectivity index (χ0v) is 8.90. The lowest BCUT2D eigenvalue weighted by Crippen LogP contribution is -1.99. The maximum atomic E-state index is 10.4. The van der Waals surface area contributed by atoms with Gasteiger partial charge in [0, 0.05) is 11.1 Å². The molecular weight excluding hydrogens is 240 g/mol. The zero-order chi connectivity index (χ0) is 10.8. The Balaban J connectivity index is 2.14. The van der Waals surface area contributed by atoms with Gasteiger partial charge in [0.2, 0.25) is 0 Å². The topological polar surface area (TPSA) is 73.8 Å². The van der Waals surface area contributed by atoms with Gasteiger partial charge in [-0.25, -0.2) is 4.98 Å². The molecule has 0 aliphatic carbocycles. The first-order valence-electron chi connectivity index (χ1n) is 3.93. The minimum atomic E-state index is -0.532. The highest BCUT2D eigenvalue weighted by Gasteiger charge is 2.11. The van der Waals surface area contributed by atoms with Crippen molar-refractivity contribution < 1.29 is 4.92 Å². The Bertz CT molecular complexity index is 495. The Morgan fingerprint density at radius 3 is 3.00 bits per heavy atom. The van der Waals surface area contributed by atoms with E-state index in [2.05, 4.69) is 10.1 Å². The molecule has 0 unspecified atom stereocenters. The summed E-state index contributed by atoms with van der Waals surface area (Å²) in [6, 6.07) is 1.35. The summed E-state index contributed by atoms with van der Waals surface area (Å²) in [5, 5.41) is 14.1. The highest BCUT2D eigenvalue weighted by Crippen LogP contribution is 2.18. The summed E-state index contributed by atoms with van der Waals surface area (Å²) in [7, 11) is 0. The molecule has 6 nitrogen and oxygen atoms in total. The summed E-state index contributed by atoms with van der Waals surface area (Å²) < 4.78 is 1.92. The molecule has 0 saturated carbocycles. The van der Waals surface area contributed by atoms with Crippen molar-refractivity contribution in [2.75, 3.05) is 0 Å². The maximum Gasteiger partial charge on any atom is 0.389 e. The van der Waals surface area contributed by atoms with Gasteiger partial charge < -0.3 is 10.1 Å². The van der Waals surface area contributed by atoms with Crippen molar-refractivity contribution in [3.8, 4) is 0 Å². The molecule has 2 aromatic heterocycles. The predicted molar refractivity (Wildman–Crippen MR) is 55.1 cm³/mol. The Morgan fingerprint density at radius 2 is 2.47 bits per heavy atom. The Labute approximate surface area is 93.3 Å². The van der Waals surface area contributed by atoms with Crippen molar-refractivity contribution in [2.45, 2.75) is 6.54 Å². The number of hydrogen-bond acceptors (Lipinski definition) is 5. The van der Waals surface area contributed by atoms with Gasteiger partial charge in [-0.15, -0.1) is 11.3 Å². The van der Waals surface area contributed by atoms with Crippen molar-refractivity contribution in [1.29, 1.82) is 0 Å². The maximum absolute atomic E-state index is 10.4. The molecule has 78 valence electrons. The molecular formula is C7H5ClN4O2S. The third-order valence-corrected chi connectivity index (χ3v) is 2.76. The van der Waals surface area contributed by atoms with Gasteiger partial charge in [-0.05, 0) is 4.92 Å². The van der Waals surface area contributed by atoms with Crippen LogP contribution in [-0.4, -0.2) is 19.7 Å². The van der Waals surface area contributed by atoms with Gasteiger partial charge in [0.1, 0.15) is 0 Å². The van der Waals surface area contributed by atoms with Crippen LogP contribution in [0.2, 0.25) is 4.47 Å². The van der Waals surface area contributed by atoms with Gasteiger partial charge in [0.15, 0.2) is 4.47 Å². The van der Waals surface area contributed by atoms with E-state index in [-0.39, 0.29) is 5.82 Å². The number of rotatable bonds is 3. The van der Waals surface area contributed by atoms with Crippen molar-refractivity contribution in [2.24, 2.45) is 0 Å². The molecule has 0 aliphatic rings. The smallest absolute Gasteiger partial charge is 0.358 e. The first-order valence-corrected chi connectivity index (χ1v) is 5.12. The first-order chi connectivity index (χ1) is 7.15. The van der Waals surface area contributed by atoms with Crippen LogP contribution in [0.1, 0.15) is 4.88 Å². The number of aromatic nitrogens is 3. The number of thiazole rings is 1. The molecule has 0 spiro atoms. The van der Waals surface area contributed by atoms with Crippen molar-refractivity contribution >= 4 is 28.8 Å². The van der Waals surface area contributed by atoms with Crippen LogP contribution in [0.25, 0.3) is 0 Å². The molecule has 0 radical (unpaired) electrons. The third-order valence-electron chi connectivity index (χ3n) is 1.66. The zero-order valence-electron chi connectivity index (χ0n) is 7.33. The second kappa shape index (κ2) is 3.95. The van der Waals surface area contributed by atoms with Crippen molar-refractivity contribution in [3.05, 3.63) is 37.9 Å². The third kappa shape index (κ3) is 2.31. The van der Waals surface area contributed by atoms with E-state index in [0.717, 1.165) is 4.88 Å². The van der Waals surface area contributed by atoms with E-state index in [4.69, 9.17) is 11.6 Å². The van der Waals surface area contributed by atoms with E-state index in [0.29, 0.717) is 11.0 Å². The second-order valence-electron chi connectivity index (χ2n) is 2.71. The lowest BCUT2D eigenvalue weighted by Gasteiger charge is -1.90. The van der Waals surface area contributed by atoms with Crippen LogP contribution in [0.3, 0.4) is 0 Å². The molecule has 2 aromatic rings. The van der Waals surface area contributed by atoms with Gasteiger partial charge in [-0.3, -0.25) is 0 Å². The van der Waals surface area contributed by atoms with Crippen LogP contribution in [-0.2, 0) is 6.54 Å². The fraction of sp³-hybridized carbons (Fsp3) is 0.143. The summed E-state index contributed by atoms with van der Waals surface area (Å²) in [6.07, 6.45) is 3.17. The molecule has 15 heavy (non-hydrogen) atoms. The quantitative estimate of drug-likeness (QED) is 0.611. The van der Waals surface area contributed by atoms with Crippen LogP contribution in [0.4, 0.5) is 5.82 Å². The Kier molecular flexibility index (Phi) is 2.65. The largest absolute Gasteiger partial charge is 0.389 e. The highest BCUT2D eigenvalue weighted by molar-refractivity contribution is 7.15. The average molecular weight is 245 g/mol. The van der Waals surface area contributed by atoms with E-state index in [1.165, 1.54) is 22.1 Å². The molecule has 0 aliphatic heterocycles. The summed E-state index contributed by atoms with van der Waals surface area (Å²) in [5.41, 5.74) is 0. The van der Waals surface area contributed by atoms with Gasteiger partial charge in [-0.1, -0.05) is 11.6 Å².